The smallest absolute Gasteiger partial charge is 0.119 e. The van der Waals surface area contributed by atoms with Gasteiger partial charge in [-0.2, -0.15) is 0 Å². The minimum Gasteiger partial charge on any atom is -0.497 e. The number of hydrogen-bond acceptors (Lipinski definition) is 5. The van der Waals surface area contributed by atoms with Gasteiger partial charge in [-0.3, -0.25) is 0 Å². The Morgan fingerprint density at radius 3 is 2.68 bits per heavy atom. The van der Waals surface area contributed by atoms with E-state index in [0.717, 1.165) is 24.3 Å². The standard InChI is InChI=1S/C17H25NO4/c1-18-7-6-16(12-4-3-5-13(8-12)22-2)9-14(19)15(20)10-17(16,21)11-18/h3-5,8,14-15,19-21H,6-7,9-11H2,1-2H3/t14?,15?,16-,17+/m0/s1. The fourth-order valence-electron chi connectivity index (χ4n) is 4.27. The number of β-amino-alcohol motifs (C(OH)–C–C–N with tert-alkyl or cyclic N) is 1. The molecule has 1 aliphatic heterocycles. The van der Waals surface area contributed by atoms with Crippen molar-refractivity contribution in [1.82, 2.24) is 4.90 Å². The first-order chi connectivity index (χ1) is 10.4. The first kappa shape index (κ1) is 15.7. The van der Waals surface area contributed by atoms with Crippen LogP contribution in [0.5, 0.6) is 5.75 Å². The highest BCUT2D eigenvalue weighted by atomic mass is 16.5. The SMILES string of the molecule is COc1cccc([C@@]23CCN(C)C[C@]2(O)CC(O)C(O)C3)c1. The van der Waals surface area contributed by atoms with Crippen LogP contribution in [-0.4, -0.2) is 65.3 Å². The molecule has 0 amide bonds. The number of ether oxygens (including phenoxy) is 1. The van der Waals surface area contributed by atoms with Crippen molar-refractivity contribution in [2.75, 3.05) is 27.2 Å². The van der Waals surface area contributed by atoms with Gasteiger partial charge in [0.15, 0.2) is 0 Å². The van der Waals surface area contributed by atoms with Crippen LogP contribution in [0.2, 0.25) is 0 Å². The van der Waals surface area contributed by atoms with Crippen LogP contribution in [0.1, 0.15) is 24.8 Å². The van der Waals surface area contributed by atoms with E-state index in [4.69, 9.17) is 4.74 Å². The minimum absolute atomic E-state index is 0.190. The Labute approximate surface area is 131 Å². The van der Waals surface area contributed by atoms with E-state index in [9.17, 15) is 15.3 Å². The Kier molecular flexibility index (Phi) is 3.93. The second-order valence-corrected chi connectivity index (χ2v) is 6.88. The fourth-order valence-corrected chi connectivity index (χ4v) is 4.27. The molecule has 1 saturated carbocycles. The molecule has 3 N–H and O–H groups in total. The number of nitrogens with zero attached hydrogens (tertiary/aromatic N) is 1. The van der Waals surface area contributed by atoms with Gasteiger partial charge in [-0.05, 0) is 44.1 Å². The lowest BCUT2D eigenvalue weighted by Crippen LogP contribution is -2.68. The van der Waals surface area contributed by atoms with E-state index in [1.165, 1.54) is 0 Å². The van der Waals surface area contributed by atoms with Crippen molar-refractivity contribution in [3.05, 3.63) is 29.8 Å². The average molecular weight is 307 g/mol. The van der Waals surface area contributed by atoms with E-state index >= 15 is 0 Å². The highest BCUT2D eigenvalue weighted by Crippen LogP contribution is 2.51. The third kappa shape index (κ3) is 2.33. The number of likely N-dealkylation sites (N-methyl/N-ethyl adjacent to an activating group) is 1. The molecule has 1 aromatic carbocycles. The largest absolute Gasteiger partial charge is 0.497 e. The normalized spacial score (nSPS) is 39.3. The van der Waals surface area contributed by atoms with Gasteiger partial charge < -0.3 is 25.0 Å². The number of hydrogen-bond donors (Lipinski definition) is 3. The number of piperidine rings is 1. The zero-order chi connectivity index (χ0) is 16.0. The van der Waals surface area contributed by atoms with Crippen LogP contribution < -0.4 is 4.74 Å². The topological polar surface area (TPSA) is 73.2 Å². The summed E-state index contributed by atoms with van der Waals surface area (Å²) in [7, 11) is 3.60. The Balaban J connectivity index is 2.09. The molecular formula is C17H25NO4. The van der Waals surface area contributed by atoms with E-state index in [0.29, 0.717) is 13.0 Å². The number of rotatable bonds is 2. The maximum atomic E-state index is 11.4. The molecule has 3 rings (SSSR count). The number of aliphatic hydroxyl groups is 3. The zero-order valence-corrected chi connectivity index (χ0v) is 13.2. The van der Waals surface area contributed by atoms with Crippen LogP contribution in [-0.2, 0) is 5.41 Å². The molecule has 4 atom stereocenters. The predicted molar refractivity (Wildman–Crippen MR) is 83.0 cm³/mol. The average Bonchev–Trinajstić information content (AvgIpc) is 2.49. The molecule has 1 aliphatic carbocycles. The lowest BCUT2D eigenvalue weighted by atomic mass is 9.55. The maximum absolute atomic E-state index is 11.4. The van der Waals surface area contributed by atoms with Crippen molar-refractivity contribution < 1.29 is 20.1 Å². The molecule has 5 heteroatoms. The Morgan fingerprint density at radius 1 is 1.23 bits per heavy atom. The summed E-state index contributed by atoms with van der Waals surface area (Å²) >= 11 is 0. The van der Waals surface area contributed by atoms with E-state index in [1.54, 1.807) is 7.11 Å². The first-order valence-corrected chi connectivity index (χ1v) is 7.82. The molecule has 22 heavy (non-hydrogen) atoms. The molecule has 5 nitrogen and oxygen atoms in total. The Morgan fingerprint density at radius 2 is 1.95 bits per heavy atom. The van der Waals surface area contributed by atoms with Crippen LogP contribution in [0, 0.1) is 0 Å². The molecule has 1 heterocycles. The van der Waals surface area contributed by atoms with Crippen molar-refractivity contribution in [1.29, 1.82) is 0 Å². The molecule has 2 aliphatic rings. The molecule has 0 radical (unpaired) electrons. The summed E-state index contributed by atoms with van der Waals surface area (Å²) in [6, 6.07) is 7.73. The van der Waals surface area contributed by atoms with Gasteiger partial charge in [-0.15, -0.1) is 0 Å². The van der Waals surface area contributed by atoms with Crippen molar-refractivity contribution in [3.8, 4) is 5.75 Å². The molecule has 0 bridgehead atoms. The lowest BCUT2D eigenvalue weighted by molar-refractivity contribution is -0.175. The number of fused-ring (bicyclic) bond motifs is 1. The Hall–Kier alpha value is -1.14. The van der Waals surface area contributed by atoms with E-state index in [2.05, 4.69) is 4.90 Å². The molecule has 2 fully saturated rings. The van der Waals surface area contributed by atoms with Gasteiger partial charge in [0, 0.05) is 18.4 Å². The maximum Gasteiger partial charge on any atom is 0.119 e. The van der Waals surface area contributed by atoms with Gasteiger partial charge in [-0.1, -0.05) is 12.1 Å². The summed E-state index contributed by atoms with van der Waals surface area (Å²) in [6.07, 6.45) is -0.386. The summed E-state index contributed by atoms with van der Waals surface area (Å²) in [6.45, 7) is 1.34. The third-order valence-electron chi connectivity index (χ3n) is 5.51. The number of benzene rings is 1. The highest BCUT2D eigenvalue weighted by molar-refractivity contribution is 5.39. The van der Waals surface area contributed by atoms with Crippen LogP contribution in [0.25, 0.3) is 0 Å². The molecule has 2 unspecified atom stereocenters. The highest BCUT2D eigenvalue weighted by Gasteiger charge is 2.59. The number of aliphatic hydroxyl groups excluding tert-OH is 2. The van der Waals surface area contributed by atoms with Gasteiger partial charge in [0.1, 0.15) is 5.75 Å². The van der Waals surface area contributed by atoms with E-state index in [1.807, 2.05) is 31.3 Å². The minimum atomic E-state index is -1.05. The summed E-state index contributed by atoms with van der Waals surface area (Å²) in [5.41, 5.74) is -0.619. The van der Waals surface area contributed by atoms with Crippen molar-refractivity contribution >= 4 is 0 Å². The molecular weight excluding hydrogens is 282 g/mol. The van der Waals surface area contributed by atoms with Crippen LogP contribution in [0.3, 0.4) is 0 Å². The van der Waals surface area contributed by atoms with Gasteiger partial charge in [-0.25, -0.2) is 0 Å². The van der Waals surface area contributed by atoms with Crippen LogP contribution >= 0.6 is 0 Å². The van der Waals surface area contributed by atoms with Crippen molar-refractivity contribution in [3.63, 3.8) is 0 Å². The molecule has 1 saturated heterocycles. The number of likely N-dealkylation sites (tertiary alicyclic amines) is 1. The molecule has 1 aromatic rings. The zero-order valence-electron chi connectivity index (χ0n) is 13.2. The van der Waals surface area contributed by atoms with Crippen LogP contribution in [0.4, 0.5) is 0 Å². The Bertz CT molecular complexity index is 551. The monoisotopic (exact) mass is 307 g/mol. The second kappa shape index (κ2) is 5.49. The van der Waals surface area contributed by atoms with Crippen molar-refractivity contribution in [2.24, 2.45) is 0 Å². The summed E-state index contributed by atoms with van der Waals surface area (Å²) < 4.78 is 5.32. The molecule has 0 aromatic heterocycles. The predicted octanol–water partition coefficient (Wildman–Crippen LogP) is 0.515. The van der Waals surface area contributed by atoms with E-state index in [-0.39, 0.29) is 6.42 Å². The fraction of sp³-hybridized carbons (Fsp3) is 0.647. The summed E-state index contributed by atoms with van der Waals surface area (Å²) in [5, 5.41) is 31.7. The molecule has 122 valence electrons. The van der Waals surface area contributed by atoms with Crippen molar-refractivity contribution in [2.45, 2.75) is 42.5 Å². The van der Waals surface area contributed by atoms with Gasteiger partial charge in [0.05, 0.1) is 24.9 Å². The van der Waals surface area contributed by atoms with E-state index < -0.39 is 23.2 Å². The van der Waals surface area contributed by atoms with Gasteiger partial charge in [0.25, 0.3) is 0 Å². The quantitative estimate of drug-likeness (QED) is 0.743. The summed E-state index contributed by atoms with van der Waals surface area (Å²) in [4.78, 5) is 2.09. The van der Waals surface area contributed by atoms with Gasteiger partial charge >= 0.3 is 0 Å². The first-order valence-electron chi connectivity index (χ1n) is 7.82. The molecule has 0 spiro atoms. The van der Waals surface area contributed by atoms with Gasteiger partial charge in [0.2, 0.25) is 0 Å². The lowest BCUT2D eigenvalue weighted by Gasteiger charge is -2.58. The second-order valence-electron chi connectivity index (χ2n) is 6.88. The van der Waals surface area contributed by atoms with Crippen LogP contribution in [0.15, 0.2) is 24.3 Å². The summed E-state index contributed by atoms with van der Waals surface area (Å²) in [5.74, 6) is 0.744. The number of methoxy groups -OCH3 is 1. The third-order valence-corrected chi connectivity index (χ3v) is 5.51.